The molecule has 1 aromatic rings. The van der Waals surface area contributed by atoms with Crippen molar-refractivity contribution in [3.63, 3.8) is 0 Å². The van der Waals surface area contributed by atoms with Crippen molar-refractivity contribution in [3.8, 4) is 0 Å². The molecule has 1 amide bonds. The van der Waals surface area contributed by atoms with Gasteiger partial charge in [0.2, 0.25) is 5.91 Å². The van der Waals surface area contributed by atoms with Gasteiger partial charge < -0.3 is 14.7 Å². The zero-order chi connectivity index (χ0) is 14.1. The largest absolute Gasteiger partial charge is 0.396 e. The molecule has 1 atom stereocenters. The van der Waals surface area contributed by atoms with Gasteiger partial charge in [-0.05, 0) is 12.0 Å². The Kier molecular flexibility index (Phi) is 7.15. The van der Waals surface area contributed by atoms with E-state index < -0.39 is 0 Å². The number of benzene rings is 1. The molecule has 0 unspecified atom stereocenters. The molecule has 19 heavy (non-hydrogen) atoms. The van der Waals surface area contributed by atoms with Crippen molar-refractivity contribution in [1.82, 2.24) is 4.90 Å². The minimum absolute atomic E-state index is 0.0209. The highest BCUT2D eigenvalue weighted by molar-refractivity contribution is 5.75. The van der Waals surface area contributed by atoms with Gasteiger partial charge in [-0.2, -0.15) is 0 Å². The van der Waals surface area contributed by atoms with E-state index in [1.54, 1.807) is 19.0 Å². The van der Waals surface area contributed by atoms with Gasteiger partial charge in [0.25, 0.3) is 0 Å². The minimum Gasteiger partial charge on any atom is -0.396 e. The summed E-state index contributed by atoms with van der Waals surface area (Å²) in [6.45, 7) is 1.07. The highest BCUT2D eigenvalue weighted by atomic mass is 16.5. The third-order valence-corrected chi connectivity index (χ3v) is 2.99. The Bertz CT molecular complexity index is 365. The molecule has 0 bridgehead atoms. The topological polar surface area (TPSA) is 49.8 Å². The zero-order valence-electron chi connectivity index (χ0n) is 11.7. The monoisotopic (exact) mass is 265 g/mol. The molecular formula is C15H23NO3. The van der Waals surface area contributed by atoms with Gasteiger partial charge >= 0.3 is 0 Å². The number of nitrogens with zero attached hydrogens (tertiary/aromatic N) is 1. The zero-order valence-corrected chi connectivity index (χ0v) is 11.7. The maximum absolute atomic E-state index is 11.5. The molecule has 0 aliphatic carbocycles. The van der Waals surface area contributed by atoms with Crippen LogP contribution in [0.3, 0.4) is 0 Å². The third kappa shape index (κ3) is 6.36. The number of ether oxygens (including phenoxy) is 1. The van der Waals surface area contributed by atoms with E-state index in [-0.39, 0.29) is 18.4 Å². The van der Waals surface area contributed by atoms with Crippen LogP contribution in [0.5, 0.6) is 0 Å². The van der Waals surface area contributed by atoms with Gasteiger partial charge in [-0.25, -0.2) is 0 Å². The lowest BCUT2D eigenvalue weighted by atomic mass is 10.1. The van der Waals surface area contributed by atoms with E-state index in [0.29, 0.717) is 26.1 Å². The molecule has 0 aliphatic heterocycles. The average Bonchev–Trinajstić information content (AvgIpc) is 2.43. The molecule has 106 valence electrons. The highest BCUT2D eigenvalue weighted by Gasteiger charge is 2.12. The quantitative estimate of drug-likeness (QED) is 0.778. The summed E-state index contributed by atoms with van der Waals surface area (Å²) < 4.78 is 5.58. The number of carbonyl (C=O) groups is 1. The Morgan fingerprint density at radius 3 is 2.58 bits per heavy atom. The van der Waals surface area contributed by atoms with Crippen molar-refractivity contribution in [2.75, 3.05) is 27.3 Å². The Balaban J connectivity index is 2.23. The van der Waals surface area contributed by atoms with Crippen molar-refractivity contribution >= 4 is 5.91 Å². The van der Waals surface area contributed by atoms with Crippen LogP contribution in [0.4, 0.5) is 0 Å². The molecule has 0 heterocycles. The molecule has 0 spiro atoms. The van der Waals surface area contributed by atoms with Gasteiger partial charge in [-0.3, -0.25) is 4.79 Å². The van der Waals surface area contributed by atoms with Gasteiger partial charge in [-0.15, -0.1) is 0 Å². The van der Waals surface area contributed by atoms with Crippen LogP contribution in [-0.2, 0) is 16.1 Å². The van der Waals surface area contributed by atoms with E-state index in [2.05, 4.69) is 0 Å². The fourth-order valence-electron chi connectivity index (χ4n) is 1.70. The Labute approximate surface area is 115 Å². The summed E-state index contributed by atoms with van der Waals surface area (Å²) in [5, 5.41) is 9.27. The van der Waals surface area contributed by atoms with Crippen LogP contribution in [0.1, 0.15) is 18.4 Å². The summed E-state index contributed by atoms with van der Waals surface area (Å²) in [4.78, 5) is 13.0. The molecule has 1 rings (SSSR count). The summed E-state index contributed by atoms with van der Waals surface area (Å²) in [5.41, 5.74) is 1.11. The smallest absolute Gasteiger partial charge is 0.222 e. The summed E-state index contributed by atoms with van der Waals surface area (Å²) in [7, 11) is 3.48. The van der Waals surface area contributed by atoms with Crippen LogP contribution in [0, 0.1) is 5.92 Å². The first-order valence-corrected chi connectivity index (χ1v) is 6.56. The van der Waals surface area contributed by atoms with Gasteiger partial charge in [0, 0.05) is 33.0 Å². The first kappa shape index (κ1) is 15.7. The van der Waals surface area contributed by atoms with Gasteiger partial charge in [0.05, 0.1) is 13.2 Å². The van der Waals surface area contributed by atoms with E-state index in [9.17, 15) is 9.90 Å². The Morgan fingerprint density at radius 1 is 1.32 bits per heavy atom. The summed E-state index contributed by atoms with van der Waals surface area (Å²) in [5.74, 6) is 0.106. The number of hydrogen-bond acceptors (Lipinski definition) is 3. The van der Waals surface area contributed by atoms with E-state index >= 15 is 0 Å². The lowest BCUT2D eigenvalue weighted by Crippen LogP contribution is -2.23. The molecule has 0 aliphatic rings. The maximum atomic E-state index is 11.5. The first-order valence-electron chi connectivity index (χ1n) is 6.56. The van der Waals surface area contributed by atoms with Crippen LogP contribution in [0.25, 0.3) is 0 Å². The van der Waals surface area contributed by atoms with E-state index in [4.69, 9.17) is 4.74 Å². The van der Waals surface area contributed by atoms with Crippen LogP contribution >= 0.6 is 0 Å². The molecule has 0 saturated carbocycles. The lowest BCUT2D eigenvalue weighted by Gasteiger charge is -2.16. The van der Waals surface area contributed by atoms with E-state index in [0.717, 1.165) is 5.56 Å². The van der Waals surface area contributed by atoms with Crippen LogP contribution in [0.2, 0.25) is 0 Å². The van der Waals surface area contributed by atoms with Crippen LogP contribution < -0.4 is 0 Å². The number of carbonyl (C=O) groups excluding carboxylic acids is 1. The summed E-state index contributed by atoms with van der Waals surface area (Å²) in [6, 6.07) is 9.91. The highest BCUT2D eigenvalue weighted by Crippen LogP contribution is 2.09. The molecule has 1 N–H and O–H groups in total. The minimum atomic E-state index is 0.0209. The maximum Gasteiger partial charge on any atom is 0.222 e. The van der Waals surface area contributed by atoms with Crippen molar-refractivity contribution in [1.29, 1.82) is 0 Å². The number of aliphatic hydroxyl groups excluding tert-OH is 1. The average molecular weight is 265 g/mol. The summed E-state index contributed by atoms with van der Waals surface area (Å²) >= 11 is 0. The standard InChI is InChI=1S/C15H23NO3/c1-16(2)15(18)9-8-14(10-17)12-19-11-13-6-4-3-5-7-13/h3-7,14,17H,8-12H2,1-2H3/t14-/m0/s1. The van der Waals surface area contributed by atoms with Crippen molar-refractivity contribution < 1.29 is 14.6 Å². The van der Waals surface area contributed by atoms with Gasteiger partial charge in [0.15, 0.2) is 0 Å². The van der Waals surface area contributed by atoms with Gasteiger partial charge in [-0.1, -0.05) is 30.3 Å². The predicted octanol–water partition coefficient (Wildman–Crippen LogP) is 1.68. The van der Waals surface area contributed by atoms with E-state index in [1.165, 1.54) is 0 Å². The number of amides is 1. The van der Waals surface area contributed by atoms with Crippen LogP contribution in [0.15, 0.2) is 30.3 Å². The van der Waals surface area contributed by atoms with Crippen molar-refractivity contribution in [2.45, 2.75) is 19.4 Å². The molecule has 0 fully saturated rings. The molecule has 0 radical (unpaired) electrons. The van der Waals surface area contributed by atoms with Crippen LogP contribution in [-0.4, -0.2) is 43.2 Å². The van der Waals surface area contributed by atoms with Crippen molar-refractivity contribution in [2.24, 2.45) is 5.92 Å². The molecule has 1 aromatic carbocycles. The Hall–Kier alpha value is -1.39. The molecule has 4 heteroatoms. The second kappa shape index (κ2) is 8.67. The fraction of sp³-hybridized carbons (Fsp3) is 0.533. The Morgan fingerprint density at radius 2 is 2.00 bits per heavy atom. The normalized spacial score (nSPS) is 12.2. The SMILES string of the molecule is CN(C)C(=O)CC[C@@H](CO)COCc1ccccc1. The molecule has 0 saturated heterocycles. The molecule has 0 aromatic heterocycles. The number of aliphatic hydroxyl groups is 1. The second-order valence-electron chi connectivity index (χ2n) is 4.88. The second-order valence-corrected chi connectivity index (χ2v) is 4.88. The number of rotatable bonds is 8. The predicted molar refractivity (Wildman–Crippen MR) is 74.6 cm³/mol. The first-order chi connectivity index (χ1) is 9.13. The summed E-state index contributed by atoms with van der Waals surface area (Å²) in [6.07, 6.45) is 1.11. The molecular weight excluding hydrogens is 242 g/mol. The van der Waals surface area contributed by atoms with Gasteiger partial charge in [0.1, 0.15) is 0 Å². The lowest BCUT2D eigenvalue weighted by molar-refractivity contribution is -0.129. The third-order valence-electron chi connectivity index (χ3n) is 2.99. The van der Waals surface area contributed by atoms with Crippen molar-refractivity contribution in [3.05, 3.63) is 35.9 Å². The fourth-order valence-corrected chi connectivity index (χ4v) is 1.70. The van der Waals surface area contributed by atoms with E-state index in [1.807, 2.05) is 30.3 Å². The number of hydrogen-bond donors (Lipinski definition) is 1. The molecule has 4 nitrogen and oxygen atoms in total.